The van der Waals surface area contributed by atoms with E-state index in [1.807, 2.05) is 13.0 Å². The van der Waals surface area contributed by atoms with Gasteiger partial charge in [-0.25, -0.2) is 13.8 Å². The molecule has 1 aromatic heterocycles. The number of hydrogen-bond acceptors (Lipinski definition) is 3. The summed E-state index contributed by atoms with van der Waals surface area (Å²) in [6, 6.07) is 16.2. The van der Waals surface area contributed by atoms with Gasteiger partial charge < -0.3 is 10.4 Å². The average Bonchev–Trinajstić information content (AvgIpc) is 2.99. The lowest BCUT2D eigenvalue weighted by Gasteiger charge is -2.17. The lowest BCUT2D eigenvalue weighted by molar-refractivity contribution is 0.0953. The molecule has 0 spiro atoms. The Morgan fingerprint density at radius 3 is 2.71 bits per heavy atom. The number of hydrogen-bond donors (Lipinski definition) is 2. The van der Waals surface area contributed by atoms with E-state index in [0.717, 1.165) is 12.8 Å². The van der Waals surface area contributed by atoms with Crippen LogP contribution in [0.2, 0.25) is 0 Å². The highest BCUT2D eigenvalue weighted by Crippen LogP contribution is 2.41. The third kappa shape index (κ3) is 4.30. The number of pyridine rings is 1. The van der Waals surface area contributed by atoms with Gasteiger partial charge in [0.2, 0.25) is 0 Å². The number of aromatic nitrogens is 1. The van der Waals surface area contributed by atoms with E-state index in [-0.39, 0.29) is 11.7 Å². The number of carbonyl (C=O) groups excluding carboxylic acids is 1. The van der Waals surface area contributed by atoms with Crippen LogP contribution in [-0.2, 0) is 6.42 Å². The number of amides is 1. The number of aliphatic hydroxyl groups excluding tert-OH is 1. The van der Waals surface area contributed by atoms with Crippen LogP contribution in [-0.4, -0.2) is 22.5 Å². The fourth-order valence-electron chi connectivity index (χ4n) is 4.82. The van der Waals surface area contributed by atoms with Crippen molar-refractivity contribution >= 4 is 16.8 Å². The van der Waals surface area contributed by atoms with Gasteiger partial charge in [0.25, 0.3) is 5.91 Å². The third-order valence-electron chi connectivity index (χ3n) is 6.61. The highest BCUT2D eigenvalue weighted by molar-refractivity contribution is 6.09. The summed E-state index contributed by atoms with van der Waals surface area (Å²) in [5.41, 5.74) is 4.62. The topological polar surface area (TPSA) is 62.2 Å². The van der Waals surface area contributed by atoms with Crippen molar-refractivity contribution in [1.29, 1.82) is 0 Å². The molecular weight excluding hydrogens is 446 g/mol. The molecule has 4 aromatic rings. The van der Waals surface area contributed by atoms with Crippen LogP contribution in [0.4, 0.5) is 8.78 Å². The first-order valence-corrected chi connectivity index (χ1v) is 12.0. The maximum Gasteiger partial charge on any atom is 0.252 e. The lowest BCUT2D eigenvalue weighted by Crippen LogP contribution is -2.26. The van der Waals surface area contributed by atoms with Crippen LogP contribution >= 0.6 is 0 Å². The molecule has 1 heterocycles. The molecule has 1 unspecified atom stereocenters. The number of nitrogens with one attached hydrogen (secondary N) is 1. The second-order valence-corrected chi connectivity index (χ2v) is 8.92. The van der Waals surface area contributed by atoms with Gasteiger partial charge in [0.1, 0.15) is 11.6 Å². The van der Waals surface area contributed by atoms with Gasteiger partial charge in [-0.15, -0.1) is 0 Å². The number of aliphatic hydroxyl groups is 1. The predicted molar refractivity (Wildman–Crippen MR) is 133 cm³/mol. The Bertz CT molecular complexity index is 1430. The van der Waals surface area contributed by atoms with Crippen LogP contribution in [0.5, 0.6) is 0 Å². The van der Waals surface area contributed by atoms with Gasteiger partial charge in [0.05, 0.1) is 22.9 Å². The minimum atomic E-state index is -0.818. The summed E-state index contributed by atoms with van der Waals surface area (Å²) < 4.78 is 28.7. The molecule has 178 valence electrons. The predicted octanol–water partition coefficient (Wildman–Crippen LogP) is 6.36. The summed E-state index contributed by atoms with van der Waals surface area (Å²) in [5.74, 6) is -1.05. The molecule has 3 aromatic carbocycles. The summed E-state index contributed by atoms with van der Waals surface area (Å²) in [6.45, 7) is 2.57. The van der Waals surface area contributed by atoms with E-state index in [4.69, 9.17) is 4.98 Å². The second-order valence-electron chi connectivity index (χ2n) is 8.92. The molecule has 0 saturated heterocycles. The quantitative estimate of drug-likeness (QED) is 0.333. The van der Waals surface area contributed by atoms with Crippen molar-refractivity contribution in [2.45, 2.75) is 38.7 Å². The highest BCUT2D eigenvalue weighted by atomic mass is 19.1. The second kappa shape index (κ2) is 9.55. The molecule has 0 fully saturated rings. The number of unbranched alkanes of at least 4 members (excludes halogenated alkanes) is 1. The standard InChI is InChI=1S/C29H26F2N2O2/c1-2-3-14-32-29(35)27-21-11-13-26(34)22-15-17(19-6-4-5-7-24(19)31)8-10-20(22)28(21)33-25-12-9-18(30)16-23(25)27/h4-10,12,15-16,26,34H,2-3,11,13-14H2,1H3,(H,32,35). The Kier molecular flexibility index (Phi) is 6.31. The van der Waals surface area contributed by atoms with Gasteiger partial charge in [-0.05, 0) is 66.3 Å². The van der Waals surface area contributed by atoms with E-state index in [9.17, 15) is 18.7 Å². The van der Waals surface area contributed by atoms with Crippen molar-refractivity contribution in [2.75, 3.05) is 6.54 Å². The minimum absolute atomic E-state index is 0.270. The molecule has 1 atom stereocenters. The largest absolute Gasteiger partial charge is 0.388 e. The molecule has 6 heteroatoms. The van der Waals surface area contributed by atoms with Gasteiger partial charge in [0, 0.05) is 23.1 Å². The summed E-state index contributed by atoms with van der Waals surface area (Å²) in [4.78, 5) is 18.2. The molecule has 2 N–H and O–H groups in total. The van der Waals surface area contributed by atoms with Gasteiger partial charge >= 0.3 is 0 Å². The zero-order chi connectivity index (χ0) is 24.5. The zero-order valence-electron chi connectivity index (χ0n) is 19.4. The Morgan fingerprint density at radius 1 is 1.09 bits per heavy atom. The molecule has 0 saturated carbocycles. The van der Waals surface area contributed by atoms with Crippen LogP contribution < -0.4 is 5.32 Å². The van der Waals surface area contributed by atoms with Crippen molar-refractivity contribution in [1.82, 2.24) is 10.3 Å². The van der Waals surface area contributed by atoms with E-state index in [0.29, 0.717) is 69.4 Å². The third-order valence-corrected chi connectivity index (χ3v) is 6.61. The van der Waals surface area contributed by atoms with Gasteiger partial charge in [-0.3, -0.25) is 4.79 Å². The number of rotatable bonds is 5. The smallest absolute Gasteiger partial charge is 0.252 e. The monoisotopic (exact) mass is 472 g/mol. The molecule has 1 aliphatic carbocycles. The summed E-state index contributed by atoms with van der Waals surface area (Å²) in [6.07, 6.45) is 1.72. The Morgan fingerprint density at radius 2 is 1.91 bits per heavy atom. The Labute approximate surface area is 202 Å². The molecule has 0 bridgehead atoms. The van der Waals surface area contributed by atoms with Crippen LogP contribution in [0.3, 0.4) is 0 Å². The van der Waals surface area contributed by atoms with E-state index >= 15 is 0 Å². The first-order valence-electron chi connectivity index (χ1n) is 12.0. The van der Waals surface area contributed by atoms with Crippen LogP contribution in [0, 0.1) is 11.6 Å². The van der Waals surface area contributed by atoms with Crippen LogP contribution in [0.15, 0.2) is 60.7 Å². The number of halogens is 2. The molecule has 5 rings (SSSR count). The molecule has 0 radical (unpaired) electrons. The van der Waals surface area contributed by atoms with Crippen LogP contribution in [0.1, 0.15) is 53.8 Å². The van der Waals surface area contributed by atoms with Crippen molar-refractivity contribution in [3.05, 3.63) is 89.0 Å². The molecule has 1 aliphatic rings. The maximum atomic E-state index is 14.5. The molecule has 35 heavy (non-hydrogen) atoms. The van der Waals surface area contributed by atoms with E-state index in [1.165, 1.54) is 18.2 Å². The molecular formula is C29H26F2N2O2. The first kappa shape index (κ1) is 23.1. The highest BCUT2D eigenvalue weighted by Gasteiger charge is 2.28. The van der Waals surface area contributed by atoms with Gasteiger partial charge in [-0.1, -0.05) is 43.7 Å². The van der Waals surface area contributed by atoms with Crippen molar-refractivity contribution in [2.24, 2.45) is 0 Å². The number of nitrogens with zero attached hydrogens (tertiary/aromatic N) is 1. The summed E-state index contributed by atoms with van der Waals surface area (Å²) in [5, 5.41) is 14.5. The van der Waals surface area contributed by atoms with Gasteiger partial charge in [-0.2, -0.15) is 0 Å². The molecule has 1 amide bonds. The fraction of sp³-hybridized carbons (Fsp3) is 0.241. The number of fused-ring (bicyclic) bond motifs is 4. The summed E-state index contributed by atoms with van der Waals surface area (Å²) >= 11 is 0. The minimum Gasteiger partial charge on any atom is -0.388 e. The SMILES string of the molecule is CCCCNC(=O)c1c2c(nc3ccc(F)cc13)-c1ccc(-c3ccccc3F)cc1C(O)CC2. The maximum absolute atomic E-state index is 14.5. The molecule has 4 nitrogen and oxygen atoms in total. The zero-order valence-corrected chi connectivity index (χ0v) is 19.4. The normalized spacial score (nSPS) is 14.8. The van der Waals surface area contributed by atoms with E-state index in [1.54, 1.807) is 36.4 Å². The van der Waals surface area contributed by atoms with E-state index in [2.05, 4.69) is 5.32 Å². The van der Waals surface area contributed by atoms with Gasteiger partial charge in [0.15, 0.2) is 0 Å². The number of carbonyl (C=O) groups is 1. The Balaban J connectivity index is 1.72. The van der Waals surface area contributed by atoms with Crippen LogP contribution in [0.25, 0.3) is 33.3 Å². The first-order chi connectivity index (χ1) is 17.0. The lowest BCUT2D eigenvalue weighted by atomic mass is 9.92. The average molecular weight is 473 g/mol. The van der Waals surface area contributed by atoms with Crippen molar-refractivity contribution < 1.29 is 18.7 Å². The summed E-state index contributed by atoms with van der Waals surface area (Å²) in [7, 11) is 0. The van der Waals surface area contributed by atoms with Crippen molar-refractivity contribution in [3.8, 4) is 22.4 Å². The number of benzene rings is 3. The Hall–Kier alpha value is -3.64. The molecule has 0 aliphatic heterocycles. The fourth-order valence-corrected chi connectivity index (χ4v) is 4.82. The van der Waals surface area contributed by atoms with Crippen molar-refractivity contribution in [3.63, 3.8) is 0 Å². The van der Waals surface area contributed by atoms with E-state index < -0.39 is 11.9 Å².